The van der Waals surface area contributed by atoms with Crippen LogP contribution < -0.4 is 0 Å². The zero-order chi connectivity index (χ0) is 10.9. The largest absolute Gasteiger partial charge is 0.378 e. The Hall–Kier alpha value is -0.500. The Kier molecular flexibility index (Phi) is 6.49. The number of unbranched alkanes of at least 4 members (excludes halogenated alkanes) is 2. The van der Waals surface area contributed by atoms with Gasteiger partial charge in [-0.1, -0.05) is 32.8 Å². The molecule has 1 fully saturated rings. The van der Waals surface area contributed by atoms with Crippen molar-refractivity contribution in [2.45, 2.75) is 46.0 Å². The van der Waals surface area contributed by atoms with E-state index in [4.69, 9.17) is 4.74 Å². The van der Waals surface area contributed by atoms with Gasteiger partial charge in [-0.05, 0) is 19.3 Å². The van der Waals surface area contributed by atoms with Gasteiger partial charge in [-0.3, -0.25) is 0 Å². The van der Waals surface area contributed by atoms with E-state index in [2.05, 4.69) is 24.8 Å². The molecule has 0 spiro atoms. The Morgan fingerprint density at radius 1 is 1.20 bits per heavy atom. The number of hydrogen-bond acceptors (Lipinski definition) is 2. The number of rotatable bonds is 6. The summed E-state index contributed by atoms with van der Waals surface area (Å²) in [6.45, 7) is 8.47. The molecular formula is C13H25NO. The van der Waals surface area contributed by atoms with Crippen molar-refractivity contribution in [3.63, 3.8) is 0 Å². The minimum Gasteiger partial charge on any atom is -0.378 e. The highest BCUT2D eigenvalue weighted by atomic mass is 16.5. The summed E-state index contributed by atoms with van der Waals surface area (Å²) in [5.74, 6) is 0. The molecule has 1 saturated heterocycles. The lowest BCUT2D eigenvalue weighted by molar-refractivity contribution is 0.0517. The maximum Gasteiger partial charge on any atom is 0.0642 e. The molecule has 0 radical (unpaired) electrons. The van der Waals surface area contributed by atoms with Crippen molar-refractivity contribution in [1.29, 1.82) is 0 Å². The Morgan fingerprint density at radius 3 is 2.53 bits per heavy atom. The highest BCUT2D eigenvalue weighted by Gasteiger charge is 2.12. The molecule has 0 aromatic rings. The summed E-state index contributed by atoms with van der Waals surface area (Å²) >= 11 is 0. The molecule has 1 heterocycles. The number of hydrogen-bond donors (Lipinski definition) is 0. The SMILES string of the molecule is CCC/C=C(/CCCC)N1CCOCC1. The van der Waals surface area contributed by atoms with Crippen LogP contribution in [-0.2, 0) is 4.74 Å². The maximum absolute atomic E-state index is 5.39. The van der Waals surface area contributed by atoms with Crippen molar-refractivity contribution >= 4 is 0 Å². The van der Waals surface area contributed by atoms with Gasteiger partial charge in [0, 0.05) is 18.8 Å². The van der Waals surface area contributed by atoms with Gasteiger partial charge in [-0.15, -0.1) is 0 Å². The summed E-state index contributed by atoms with van der Waals surface area (Å²) in [6.07, 6.45) is 8.74. The highest BCUT2D eigenvalue weighted by Crippen LogP contribution is 2.16. The smallest absolute Gasteiger partial charge is 0.0642 e. The van der Waals surface area contributed by atoms with Crippen LogP contribution in [0.3, 0.4) is 0 Å². The third kappa shape index (κ3) is 4.70. The average Bonchev–Trinajstić information content (AvgIpc) is 2.30. The molecule has 2 heteroatoms. The van der Waals surface area contributed by atoms with Gasteiger partial charge in [0.15, 0.2) is 0 Å². The van der Waals surface area contributed by atoms with E-state index in [1.54, 1.807) is 5.70 Å². The van der Waals surface area contributed by atoms with Crippen molar-refractivity contribution in [1.82, 2.24) is 4.90 Å². The molecule has 1 rings (SSSR count). The van der Waals surface area contributed by atoms with Crippen molar-refractivity contribution in [3.8, 4) is 0 Å². The number of ether oxygens (including phenoxy) is 1. The van der Waals surface area contributed by atoms with Crippen LogP contribution in [0, 0.1) is 0 Å². The van der Waals surface area contributed by atoms with E-state index >= 15 is 0 Å². The van der Waals surface area contributed by atoms with Gasteiger partial charge >= 0.3 is 0 Å². The average molecular weight is 211 g/mol. The van der Waals surface area contributed by atoms with E-state index in [0.29, 0.717) is 0 Å². The lowest BCUT2D eigenvalue weighted by Gasteiger charge is -2.31. The first-order chi connectivity index (χ1) is 7.38. The highest BCUT2D eigenvalue weighted by molar-refractivity contribution is 5.02. The van der Waals surface area contributed by atoms with Gasteiger partial charge < -0.3 is 9.64 Å². The normalized spacial score (nSPS) is 18.3. The van der Waals surface area contributed by atoms with E-state index in [0.717, 1.165) is 26.3 Å². The van der Waals surface area contributed by atoms with Crippen LogP contribution >= 0.6 is 0 Å². The van der Waals surface area contributed by atoms with Gasteiger partial charge in [0.25, 0.3) is 0 Å². The van der Waals surface area contributed by atoms with E-state index in [9.17, 15) is 0 Å². The molecule has 0 saturated carbocycles. The molecule has 15 heavy (non-hydrogen) atoms. The summed E-state index contributed by atoms with van der Waals surface area (Å²) in [7, 11) is 0. The maximum atomic E-state index is 5.39. The molecule has 88 valence electrons. The Balaban J connectivity index is 2.45. The third-order valence-electron chi connectivity index (χ3n) is 2.87. The topological polar surface area (TPSA) is 12.5 Å². The van der Waals surface area contributed by atoms with E-state index in [1.165, 1.54) is 32.1 Å². The third-order valence-corrected chi connectivity index (χ3v) is 2.87. The Bertz CT molecular complexity index is 183. The second-order valence-corrected chi connectivity index (χ2v) is 4.19. The van der Waals surface area contributed by atoms with Crippen molar-refractivity contribution in [3.05, 3.63) is 11.8 Å². The molecule has 1 aliphatic rings. The monoisotopic (exact) mass is 211 g/mol. The molecule has 0 aromatic heterocycles. The van der Waals surface area contributed by atoms with Crippen LogP contribution in [0.1, 0.15) is 46.0 Å². The molecule has 2 nitrogen and oxygen atoms in total. The predicted molar refractivity (Wildman–Crippen MR) is 64.9 cm³/mol. The van der Waals surface area contributed by atoms with Crippen LogP contribution in [0.2, 0.25) is 0 Å². The van der Waals surface area contributed by atoms with Gasteiger partial charge in [0.05, 0.1) is 13.2 Å². The number of nitrogens with zero attached hydrogens (tertiary/aromatic N) is 1. The first-order valence-corrected chi connectivity index (χ1v) is 6.40. The van der Waals surface area contributed by atoms with E-state index in [-0.39, 0.29) is 0 Å². The molecule has 1 aliphatic heterocycles. The van der Waals surface area contributed by atoms with Crippen molar-refractivity contribution in [2.24, 2.45) is 0 Å². The zero-order valence-corrected chi connectivity index (χ0v) is 10.3. The van der Waals surface area contributed by atoms with Crippen LogP contribution in [0.25, 0.3) is 0 Å². The van der Waals surface area contributed by atoms with Crippen LogP contribution in [0.15, 0.2) is 11.8 Å². The molecule has 0 bridgehead atoms. The van der Waals surface area contributed by atoms with Crippen LogP contribution in [0.4, 0.5) is 0 Å². The minimum atomic E-state index is 0.898. The molecular weight excluding hydrogens is 186 g/mol. The number of allylic oxidation sites excluding steroid dienone is 2. The molecule has 0 aromatic carbocycles. The lowest BCUT2D eigenvalue weighted by atomic mass is 10.1. The second-order valence-electron chi connectivity index (χ2n) is 4.19. The van der Waals surface area contributed by atoms with Crippen molar-refractivity contribution < 1.29 is 4.74 Å². The van der Waals surface area contributed by atoms with E-state index < -0.39 is 0 Å². The molecule has 0 N–H and O–H groups in total. The van der Waals surface area contributed by atoms with Crippen molar-refractivity contribution in [2.75, 3.05) is 26.3 Å². The van der Waals surface area contributed by atoms with Crippen LogP contribution in [-0.4, -0.2) is 31.2 Å². The fourth-order valence-corrected chi connectivity index (χ4v) is 1.91. The Morgan fingerprint density at radius 2 is 1.93 bits per heavy atom. The lowest BCUT2D eigenvalue weighted by Crippen LogP contribution is -2.35. The molecule has 0 amide bonds. The second kappa shape index (κ2) is 7.75. The molecule has 0 atom stereocenters. The summed E-state index contributed by atoms with van der Waals surface area (Å²) in [6, 6.07) is 0. The van der Waals surface area contributed by atoms with Gasteiger partial charge in [0.2, 0.25) is 0 Å². The quantitative estimate of drug-likeness (QED) is 0.669. The summed E-state index contributed by atoms with van der Waals surface area (Å²) in [5, 5.41) is 0. The fourth-order valence-electron chi connectivity index (χ4n) is 1.91. The first-order valence-electron chi connectivity index (χ1n) is 6.40. The zero-order valence-electron chi connectivity index (χ0n) is 10.3. The van der Waals surface area contributed by atoms with Gasteiger partial charge in [-0.25, -0.2) is 0 Å². The number of morpholine rings is 1. The predicted octanol–water partition coefficient (Wildman–Crippen LogP) is 3.19. The van der Waals surface area contributed by atoms with E-state index in [1.807, 2.05) is 0 Å². The fraction of sp³-hybridized carbons (Fsp3) is 0.846. The molecule has 0 aliphatic carbocycles. The summed E-state index contributed by atoms with van der Waals surface area (Å²) in [4.78, 5) is 2.51. The van der Waals surface area contributed by atoms with Crippen LogP contribution in [0.5, 0.6) is 0 Å². The molecule has 0 unspecified atom stereocenters. The summed E-state index contributed by atoms with van der Waals surface area (Å²) < 4.78 is 5.39. The first kappa shape index (κ1) is 12.6. The van der Waals surface area contributed by atoms with Gasteiger partial charge in [-0.2, -0.15) is 0 Å². The van der Waals surface area contributed by atoms with Gasteiger partial charge in [0.1, 0.15) is 0 Å². The Labute approximate surface area is 94.3 Å². The minimum absolute atomic E-state index is 0.898. The summed E-state index contributed by atoms with van der Waals surface area (Å²) in [5.41, 5.74) is 1.56. The standard InChI is InChI=1S/C13H25NO/c1-3-5-7-13(8-6-4-2)14-9-11-15-12-10-14/h7H,3-6,8-12H2,1-2H3/b13-7-.